The highest BCUT2D eigenvalue weighted by molar-refractivity contribution is 9.11. The number of aryl methyl sites for hydroxylation is 1. The molecule has 2 fully saturated rings. The summed E-state index contributed by atoms with van der Waals surface area (Å²) in [5.41, 5.74) is 1.37. The Morgan fingerprint density at radius 2 is 1.91 bits per heavy atom. The Kier molecular flexibility index (Phi) is 9.23. The molecule has 0 amide bonds. The van der Waals surface area contributed by atoms with E-state index in [2.05, 4.69) is 39.1 Å². The molecule has 0 spiro atoms. The SMILES string of the molecule is Cc1cc([C@H](C2CCOCC2)N2CCNCC2)sc1Br.Cl.Cl. The summed E-state index contributed by atoms with van der Waals surface area (Å²) in [6.45, 7) is 8.62. The zero-order chi connectivity index (χ0) is 13.9. The Morgan fingerprint density at radius 3 is 2.45 bits per heavy atom. The minimum Gasteiger partial charge on any atom is -0.381 e. The first-order chi connectivity index (χ1) is 9.75. The first kappa shape index (κ1) is 20.7. The molecule has 3 nitrogen and oxygen atoms in total. The molecule has 0 aliphatic carbocycles. The lowest BCUT2D eigenvalue weighted by Gasteiger charge is -2.40. The van der Waals surface area contributed by atoms with Gasteiger partial charge in [-0.05, 0) is 53.2 Å². The number of rotatable bonds is 3. The van der Waals surface area contributed by atoms with Crippen LogP contribution in [0.15, 0.2) is 9.85 Å². The van der Waals surface area contributed by atoms with Gasteiger partial charge in [-0.15, -0.1) is 36.2 Å². The van der Waals surface area contributed by atoms with E-state index in [0.717, 1.165) is 45.3 Å². The van der Waals surface area contributed by atoms with E-state index in [1.54, 1.807) is 0 Å². The van der Waals surface area contributed by atoms with E-state index in [1.807, 2.05) is 11.3 Å². The van der Waals surface area contributed by atoms with Crippen LogP contribution in [-0.4, -0.2) is 44.3 Å². The van der Waals surface area contributed by atoms with Crippen molar-refractivity contribution in [3.05, 3.63) is 20.3 Å². The molecule has 2 aliphatic rings. The molecule has 2 saturated heterocycles. The summed E-state index contributed by atoms with van der Waals surface area (Å²) in [6, 6.07) is 2.97. The van der Waals surface area contributed by atoms with E-state index < -0.39 is 0 Å². The van der Waals surface area contributed by atoms with Crippen molar-refractivity contribution in [2.45, 2.75) is 25.8 Å². The van der Waals surface area contributed by atoms with Gasteiger partial charge in [-0.1, -0.05) is 0 Å². The summed E-state index contributed by atoms with van der Waals surface area (Å²) in [5, 5.41) is 3.47. The van der Waals surface area contributed by atoms with Crippen LogP contribution < -0.4 is 5.32 Å². The van der Waals surface area contributed by atoms with Crippen LogP contribution in [0, 0.1) is 12.8 Å². The van der Waals surface area contributed by atoms with Gasteiger partial charge < -0.3 is 10.1 Å². The van der Waals surface area contributed by atoms with Crippen LogP contribution in [0.2, 0.25) is 0 Å². The normalized spacial score (nSPS) is 21.7. The Bertz CT molecular complexity index is 411. The second kappa shape index (κ2) is 9.82. The van der Waals surface area contributed by atoms with E-state index in [0.29, 0.717) is 6.04 Å². The molecule has 1 aromatic heterocycles. The van der Waals surface area contributed by atoms with Crippen molar-refractivity contribution < 1.29 is 4.74 Å². The number of hydrogen-bond donors (Lipinski definition) is 1. The average molecular weight is 432 g/mol. The molecule has 1 N–H and O–H groups in total. The minimum absolute atomic E-state index is 0. The zero-order valence-corrected chi connectivity index (χ0v) is 16.9. The minimum atomic E-state index is 0. The first-order valence-electron chi connectivity index (χ1n) is 7.54. The van der Waals surface area contributed by atoms with Crippen molar-refractivity contribution in [3.63, 3.8) is 0 Å². The van der Waals surface area contributed by atoms with Crippen molar-refractivity contribution in [2.24, 2.45) is 5.92 Å². The van der Waals surface area contributed by atoms with Crippen LogP contribution in [-0.2, 0) is 4.74 Å². The average Bonchev–Trinajstić information content (AvgIpc) is 2.81. The van der Waals surface area contributed by atoms with Gasteiger partial charge in [0.25, 0.3) is 0 Å². The van der Waals surface area contributed by atoms with Gasteiger partial charge in [-0.2, -0.15) is 0 Å². The molecule has 0 aromatic carbocycles. The Morgan fingerprint density at radius 1 is 1.27 bits per heavy atom. The lowest BCUT2D eigenvalue weighted by molar-refractivity contribution is 0.0223. The second-order valence-corrected chi connectivity index (χ2v) is 8.19. The third-order valence-corrected chi connectivity index (χ3v) is 6.63. The maximum Gasteiger partial charge on any atom is 0.0731 e. The Balaban J connectivity index is 0.00000121. The zero-order valence-electron chi connectivity index (χ0n) is 12.8. The van der Waals surface area contributed by atoms with E-state index in [9.17, 15) is 0 Å². The topological polar surface area (TPSA) is 24.5 Å². The van der Waals surface area contributed by atoms with Crippen molar-refractivity contribution in [3.8, 4) is 0 Å². The summed E-state index contributed by atoms with van der Waals surface area (Å²) in [5.74, 6) is 0.742. The molecular formula is C15H25BrCl2N2OS. The van der Waals surface area contributed by atoms with Crippen LogP contribution >= 0.6 is 52.1 Å². The van der Waals surface area contributed by atoms with Crippen molar-refractivity contribution in [2.75, 3.05) is 39.4 Å². The lowest BCUT2D eigenvalue weighted by atomic mass is 9.89. The fraction of sp³-hybridized carbons (Fsp3) is 0.733. The predicted octanol–water partition coefficient (Wildman–Crippen LogP) is 4.04. The predicted molar refractivity (Wildman–Crippen MR) is 102 cm³/mol. The number of nitrogens with zero attached hydrogens (tertiary/aromatic N) is 1. The molecular weight excluding hydrogens is 407 g/mol. The van der Waals surface area contributed by atoms with Gasteiger partial charge in [-0.25, -0.2) is 0 Å². The van der Waals surface area contributed by atoms with Crippen LogP contribution in [0.1, 0.15) is 29.3 Å². The molecule has 2 aliphatic heterocycles. The Hall–Kier alpha value is 0.640. The smallest absolute Gasteiger partial charge is 0.0731 e. The molecule has 0 radical (unpaired) electrons. The molecule has 1 aromatic rings. The third-order valence-electron chi connectivity index (χ3n) is 4.43. The van der Waals surface area contributed by atoms with E-state index >= 15 is 0 Å². The summed E-state index contributed by atoms with van der Waals surface area (Å²) < 4.78 is 6.86. The molecule has 3 rings (SSSR count). The second-order valence-electron chi connectivity index (χ2n) is 5.79. The number of nitrogens with one attached hydrogen (secondary N) is 1. The van der Waals surface area contributed by atoms with Gasteiger partial charge in [0.05, 0.1) is 3.79 Å². The lowest BCUT2D eigenvalue weighted by Crippen LogP contribution is -2.47. The maximum atomic E-state index is 5.57. The van der Waals surface area contributed by atoms with Crippen LogP contribution in [0.4, 0.5) is 0 Å². The van der Waals surface area contributed by atoms with Gasteiger partial charge in [0.2, 0.25) is 0 Å². The molecule has 7 heteroatoms. The number of thiophene rings is 1. The number of hydrogen-bond acceptors (Lipinski definition) is 4. The van der Waals surface area contributed by atoms with Gasteiger partial charge in [0.15, 0.2) is 0 Å². The van der Waals surface area contributed by atoms with Gasteiger partial charge in [-0.3, -0.25) is 4.90 Å². The highest BCUT2D eigenvalue weighted by Gasteiger charge is 2.32. The van der Waals surface area contributed by atoms with E-state index in [4.69, 9.17) is 4.74 Å². The van der Waals surface area contributed by atoms with Crippen molar-refractivity contribution >= 4 is 52.1 Å². The Labute approximate surface area is 158 Å². The standard InChI is InChI=1S/C15H23BrN2OS.2ClH/c1-11-10-13(20-15(11)16)14(12-2-8-19-9-3-12)18-6-4-17-5-7-18;;/h10,12,14,17H,2-9H2,1H3;2*1H/t14-;;/m0../s1. The van der Waals surface area contributed by atoms with Crippen molar-refractivity contribution in [1.82, 2.24) is 10.2 Å². The number of halogens is 3. The van der Waals surface area contributed by atoms with Crippen LogP contribution in [0.3, 0.4) is 0 Å². The molecule has 1 atom stereocenters. The summed E-state index contributed by atoms with van der Waals surface area (Å²) in [7, 11) is 0. The van der Waals surface area contributed by atoms with Gasteiger partial charge >= 0.3 is 0 Å². The van der Waals surface area contributed by atoms with Crippen LogP contribution in [0.5, 0.6) is 0 Å². The molecule has 0 bridgehead atoms. The fourth-order valence-electron chi connectivity index (χ4n) is 3.33. The quantitative estimate of drug-likeness (QED) is 0.781. The monoisotopic (exact) mass is 430 g/mol. The maximum absolute atomic E-state index is 5.57. The summed E-state index contributed by atoms with van der Waals surface area (Å²) >= 11 is 5.62. The highest BCUT2D eigenvalue weighted by atomic mass is 79.9. The van der Waals surface area contributed by atoms with Gasteiger partial charge in [0.1, 0.15) is 0 Å². The highest BCUT2D eigenvalue weighted by Crippen LogP contribution is 2.41. The third kappa shape index (κ3) is 4.82. The summed E-state index contributed by atoms with van der Waals surface area (Å²) in [4.78, 5) is 4.22. The van der Waals surface area contributed by atoms with E-state index in [-0.39, 0.29) is 24.8 Å². The molecule has 0 unspecified atom stereocenters. The molecule has 22 heavy (non-hydrogen) atoms. The van der Waals surface area contributed by atoms with Crippen LogP contribution in [0.25, 0.3) is 0 Å². The van der Waals surface area contributed by atoms with Crippen molar-refractivity contribution in [1.29, 1.82) is 0 Å². The molecule has 3 heterocycles. The molecule has 0 saturated carbocycles. The number of piperazine rings is 1. The number of ether oxygens (including phenoxy) is 1. The van der Waals surface area contributed by atoms with Gasteiger partial charge in [0, 0.05) is 50.3 Å². The fourth-order valence-corrected chi connectivity index (χ4v) is 5.13. The first-order valence-corrected chi connectivity index (χ1v) is 9.15. The largest absolute Gasteiger partial charge is 0.381 e. The van der Waals surface area contributed by atoms with E-state index in [1.165, 1.54) is 27.1 Å². The molecule has 128 valence electrons. The summed E-state index contributed by atoms with van der Waals surface area (Å²) in [6.07, 6.45) is 2.40.